The van der Waals surface area contributed by atoms with Crippen molar-refractivity contribution in [2.75, 3.05) is 19.6 Å². The van der Waals surface area contributed by atoms with E-state index >= 15 is 0 Å². The fourth-order valence-electron chi connectivity index (χ4n) is 3.82. The monoisotopic (exact) mass is 435 g/mol. The number of thiophene rings is 1. The summed E-state index contributed by atoms with van der Waals surface area (Å²) in [6.45, 7) is 1.77. The third-order valence-electron chi connectivity index (χ3n) is 5.41. The summed E-state index contributed by atoms with van der Waals surface area (Å²) in [5, 5.41) is 2.94. The van der Waals surface area contributed by atoms with Gasteiger partial charge in [0.25, 0.3) is 10.0 Å². The van der Waals surface area contributed by atoms with Crippen molar-refractivity contribution in [1.29, 1.82) is 0 Å². The number of hydrogen-bond donors (Lipinski definition) is 2. The topological polar surface area (TPSA) is 92.5 Å². The summed E-state index contributed by atoms with van der Waals surface area (Å²) in [5.41, 5.74) is 6.01. The average molecular weight is 436 g/mol. The number of rotatable bonds is 7. The predicted octanol–water partition coefficient (Wildman–Crippen LogP) is 2.52. The number of nitrogens with two attached hydrogens (primary N) is 1. The van der Waals surface area contributed by atoms with Crippen molar-refractivity contribution in [3.8, 4) is 0 Å². The van der Waals surface area contributed by atoms with E-state index in [0.29, 0.717) is 42.6 Å². The highest BCUT2D eigenvalue weighted by Crippen LogP contribution is 2.28. The molecular weight excluding hydrogens is 406 g/mol. The zero-order valence-electron chi connectivity index (χ0n) is 15.6. The van der Waals surface area contributed by atoms with Gasteiger partial charge in [0.15, 0.2) is 0 Å². The summed E-state index contributed by atoms with van der Waals surface area (Å²) in [6, 6.07) is 3.71. The molecule has 1 aliphatic heterocycles. The summed E-state index contributed by atoms with van der Waals surface area (Å²) >= 11 is 1.32. The maximum absolute atomic E-state index is 12.7. The van der Waals surface area contributed by atoms with Crippen LogP contribution in [-0.2, 0) is 21.2 Å². The van der Waals surface area contributed by atoms with E-state index in [1.54, 1.807) is 10.4 Å². The Bertz CT molecular complexity index is 717. The minimum absolute atomic E-state index is 0. The smallest absolute Gasteiger partial charge is 0.252 e. The molecule has 0 spiro atoms. The van der Waals surface area contributed by atoms with Crippen LogP contribution >= 0.6 is 23.7 Å². The normalized spacial score (nSPS) is 23.7. The van der Waals surface area contributed by atoms with Crippen molar-refractivity contribution < 1.29 is 13.2 Å². The number of piperidine rings is 1. The summed E-state index contributed by atoms with van der Waals surface area (Å²) in [5.74, 6) is 0.350. The minimum Gasteiger partial charge on any atom is -0.356 e. The molecule has 1 saturated heterocycles. The SMILES string of the molecule is Cl.N[C@@H]1CCC[C@H]1CC(=O)NCCc1ccc(S(=O)(=O)N2CCCCC2)s1. The van der Waals surface area contributed by atoms with E-state index in [0.717, 1.165) is 43.4 Å². The van der Waals surface area contributed by atoms with Gasteiger partial charge in [-0.2, -0.15) is 4.31 Å². The van der Waals surface area contributed by atoms with Crippen LogP contribution in [0.25, 0.3) is 0 Å². The largest absolute Gasteiger partial charge is 0.356 e. The molecule has 0 aromatic carbocycles. The second-order valence-electron chi connectivity index (χ2n) is 7.34. The Morgan fingerprint density at radius 1 is 1.19 bits per heavy atom. The average Bonchev–Trinajstić information content (AvgIpc) is 3.26. The van der Waals surface area contributed by atoms with Gasteiger partial charge in [0.05, 0.1) is 0 Å². The minimum atomic E-state index is -3.35. The lowest BCUT2D eigenvalue weighted by Gasteiger charge is -2.25. The first-order chi connectivity index (χ1) is 12.5. The molecule has 154 valence electrons. The number of nitrogens with one attached hydrogen (secondary N) is 1. The number of carbonyl (C=O) groups excluding carboxylic acids is 1. The van der Waals surface area contributed by atoms with Gasteiger partial charge in [-0.1, -0.05) is 12.8 Å². The Kier molecular flexibility index (Phi) is 8.55. The molecule has 3 rings (SSSR count). The van der Waals surface area contributed by atoms with Gasteiger partial charge in [0.2, 0.25) is 5.91 Å². The molecule has 27 heavy (non-hydrogen) atoms. The second kappa shape index (κ2) is 10.2. The van der Waals surface area contributed by atoms with Gasteiger partial charge in [-0.3, -0.25) is 4.79 Å². The van der Waals surface area contributed by atoms with E-state index in [9.17, 15) is 13.2 Å². The van der Waals surface area contributed by atoms with E-state index in [4.69, 9.17) is 5.73 Å². The van der Waals surface area contributed by atoms with Gasteiger partial charge in [0.1, 0.15) is 4.21 Å². The number of nitrogens with zero attached hydrogens (tertiary/aromatic N) is 1. The van der Waals surface area contributed by atoms with Crippen LogP contribution in [-0.4, -0.2) is 44.3 Å². The van der Waals surface area contributed by atoms with E-state index in [2.05, 4.69) is 5.32 Å². The summed E-state index contributed by atoms with van der Waals surface area (Å²) < 4.78 is 27.3. The lowest BCUT2D eigenvalue weighted by molar-refractivity contribution is -0.122. The van der Waals surface area contributed by atoms with E-state index in [-0.39, 0.29) is 24.4 Å². The standard InChI is InChI=1S/C18H29N3O3S2.ClH/c19-16-6-4-5-14(16)13-17(22)20-10-9-15-7-8-18(25-15)26(23,24)21-11-2-1-3-12-21;/h7-8,14,16H,1-6,9-13,19H2,(H,20,22);1H/t14-,16+;/m0./s1. The van der Waals surface area contributed by atoms with Crippen molar-refractivity contribution in [2.24, 2.45) is 11.7 Å². The van der Waals surface area contributed by atoms with E-state index in [1.165, 1.54) is 11.3 Å². The molecule has 1 aromatic rings. The summed E-state index contributed by atoms with van der Waals surface area (Å²) in [6.07, 6.45) is 7.31. The van der Waals surface area contributed by atoms with Crippen molar-refractivity contribution in [3.63, 3.8) is 0 Å². The van der Waals surface area contributed by atoms with Gasteiger partial charge in [-0.25, -0.2) is 8.42 Å². The quantitative estimate of drug-likeness (QED) is 0.688. The maximum atomic E-state index is 12.7. The van der Waals surface area contributed by atoms with Gasteiger partial charge in [-0.15, -0.1) is 23.7 Å². The summed E-state index contributed by atoms with van der Waals surface area (Å²) in [4.78, 5) is 13.0. The predicted molar refractivity (Wildman–Crippen MR) is 111 cm³/mol. The van der Waals surface area contributed by atoms with E-state index in [1.807, 2.05) is 6.07 Å². The van der Waals surface area contributed by atoms with Crippen molar-refractivity contribution in [3.05, 3.63) is 17.0 Å². The van der Waals surface area contributed by atoms with Crippen LogP contribution < -0.4 is 11.1 Å². The molecule has 2 fully saturated rings. The Morgan fingerprint density at radius 3 is 2.59 bits per heavy atom. The maximum Gasteiger partial charge on any atom is 0.252 e. The molecule has 2 atom stereocenters. The zero-order valence-corrected chi connectivity index (χ0v) is 18.0. The molecule has 6 nitrogen and oxygen atoms in total. The molecule has 1 amide bonds. The molecule has 0 radical (unpaired) electrons. The first-order valence-electron chi connectivity index (χ1n) is 9.58. The zero-order chi connectivity index (χ0) is 18.6. The first-order valence-corrected chi connectivity index (χ1v) is 11.8. The number of carbonyl (C=O) groups is 1. The van der Waals surface area contributed by atoms with Gasteiger partial charge in [0, 0.05) is 37.0 Å². The molecule has 9 heteroatoms. The Hall–Kier alpha value is -0.670. The van der Waals surface area contributed by atoms with Crippen LogP contribution in [0.4, 0.5) is 0 Å². The lowest BCUT2D eigenvalue weighted by Crippen LogP contribution is -2.35. The summed E-state index contributed by atoms with van der Waals surface area (Å²) in [7, 11) is -3.35. The highest BCUT2D eigenvalue weighted by molar-refractivity contribution is 7.91. The first kappa shape index (κ1) is 22.6. The second-order valence-corrected chi connectivity index (χ2v) is 10.7. The third kappa shape index (κ3) is 5.90. The number of amides is 1. The van der Waals surface area contributed by atoms with Crippen molar-refractivity contribution in [1.82, 2.24) is 9.62 Å². The molecule has 1 aliphatic carbocycles. The number of hydrogen-bond acceptors (Lipinski definition) is 5. The Labute approximate surface area is 172 Å². The molecule has 2 heterocycles. The Balaban J connectivity index is 0.00000261. The molecule has 0 unspecified atom stereocenters. The Morgan fingerprint density at radius 2 is 1.93 bits per heavy atom. The highest BCUT2D eigenvalue weighted by Gasteiger charge is 2.28. The van der Waals surface area contributed by atoms with Crippen LogP contribution in [0.15, 0.2) is 16.3 Å². The molecule has 2 aliphatic rings. The van der Waals surface area contributed by atoms with Crippen LogP contribution in [0, 0.1) is 5.92 Å². The third-order valence-corrected chi connectivity index (χ3v) is 8.92. The van der Waals surface area contributed by atoms with Gasteiger partial charge < -0.3 is 11.1 Å². The van der Waals surface area contributed by atoms with Gasteiger partial charge in [-0.05, 0) is 50.2 Å². The van der Waals surface area contributed by atoms with Crippen LogP contribution in [0.1, 0.15) is 49.8 Å². The number of sulfonamides is 1. The lowest BCUT2D eigenvalue weighted by atomic mass is 10.00. The molecule has 1 saturated carbocycles. The van der Waals surface area contributed by atoms with Crippen LogP contribution in [0.5, 0.6) is 0 Å². The van der Waals surface area contributed by atoms with Crippen molar-refractivity contribution in [2.45, 2.75) is 61.6 Å². The van der Waals surface area contributed by atoms with Crippen LogP contribution in [0.3, 0.4) is 0 Å². The van der Waals surface area contributed by atoms with Crippen LogP contribution in [0.2, 0.25) is 0 Å². The molecule has 3 N–H and O–H groups in total. The fraction of sp³-hybridized carbons (Fsp3) is 0.722. The fourth-order valence-corrected chi connectivity index (χ4v) is 6.84. The molecular formula is C18H30ClN3O3S2. The van der Waals surface area contributed by atoms with E-state index < -0.39 is 10.0 Å². The molecule has 1 aromatic heterocycles. The number of halogens is 1. The van der Waals surface area contributed by atoms with Gasteiger partial charge >= 0.3 is 0 Å². The van der Waals surface area contributed by atoms with Crippen molar-refractivity contribution >= 4 is 39.7 Å². The highest BCUT2D eigenvalue weighted by atomic mass is 35.5. The molecule has 0 bridgehead atoms.